The van der Waals surface area contributed by atoms with Crippen molar-refractivity contribution in [3.8, 4) is 5.75 Å². The predicted octanol–water partition coefficient (Wildman–Crippen LogP) is -0.481. The Labute approximate surface area is 114 Å². The molecule has 4 N–H and O–H groups in total. The van der Waals surface area contributed by atoms with Gasteiger partial charge in [-0.15, -0.1) is 0 Å². The lowest BCUT2D eigenvalue weighted by atomic mass is 9.99. The first-order chi connectivity index (χ1) is 9.02. The lowest BCUT2D eigenvalue weighted by molar-refractivity contribution is -0.277. The molecular formula is C12H15ClO6. The van der Waals surface area contributed by atoms with Crippen LogP contribution >= 0.6 is 11.6 Å². The Morgan fingerprint density at radius 1 is 1.05 bits per heavy atom. The van der Waals surface area contributed by atoms with Gasteiger partial charge in [0.15, 0.2) is 0 Å². The summed E-state index contributed by atoms with van der Waals surface area (Å²) in [5, 5.41) is 38.5. The minimum atomic E-state index is -1.46. The molecule has 1 heterocycles. The molecule has 1 fully saturated rings. The highest BCUT2D eigenvalue weighted by molar-refractivity contribution is 6.30. The molecule has 0 aliphatic carbocycles. The van der Waals surface area contributed by atoms with E-state index < -0.39 is 37.3 Å². The van der Waals surface area contributed by atoms with Gasteiger partial charge in [0.05, 0.1) is 6.61 Å². The van der Waals surface area contributed by atoms with Gasteiger partial charge in [0.1, 0.15) is 30.2 Å². The standard InChI is InChI=1S/C12H15ClO6/c13-6-1-3-7(4-2-6)18-12-11(17)10(16)9(15)8(5-14)19-12/h1-4,8-12,14-17H,5H2/t8-,9-,10+,11-,12-/m1/s1. The molecule has 1 aromatic carbocycles. The second kappa shape index (κ2) is 6.04. The van der Waals surface area contributed by atoms with Crippen molar-refractivity contribution in [2.24, 2.45) is 0 Å². The molecule has 2 rings (SSSR count). The third kappa shape index (κ3) is 3.17. The molecule has 0 radical (unpaired) electrons. The van der Waals surface area contributed by atoms with Crippen molar-refractivity contribution in [3.05, 3.63) is 29.3 Å². The van der Waals surface area contributed by atoms with Crippen molar-refractivity contribution in [2.45, 2.75) is 30.7 Å². The maximum Gasteiger partial charge on any atom is 0.229 e. The van der Waals surface area contributed by atoms with Crippen molar-refractivity contribution in [3.63, 3.8) is 0 Å². The Balaban J connectivity index is 2.08. The number of aliphatic hydroxyl groups excluding tert-OH is 4. The van der Waals surface area contributed by atoms with Crippen LogP contribution in [0.5, 0.6) is 5.75 Å². The van der Waals surface area contributed by atoms with Gasteiger partial charge in [-0.05, 0) is 24.3 Å². The van der Waals surface area contributed by atoms with Gasteiger partial charge in [-0.25, -0.2) is 0 Å². The maximum absolute atomic E-state index is 9.77. The van der Waals surface area contributed by atoms with Crippen LogP contribution in [0.15, 0.2) is 24.3 Å². The van der Waals surface area contributed by atoms with Crippen LogP contribution in [-0.4, -0.2) is 57.7 Å². The topological polar surface area (TPSA) is 99.4 Å². The summed E-state index contributed by atoms with van der Waals surface area (Å²) in [7, 11) is 0. The van der Waals surface area contributed by atoms with Crippen molar-refractivity contribution in [2.75, 3.05) is 6.61 Å². The van der Waals surface area contributed by atoms with E-state index >= 15 is 0 Å². The molecule has 0 amide bonds. The highest BCUT2D eigenvalue weighted by Crippen LogP contribution is 2.24. The average molecular weight is 291 g/mol. The van der Waals surface area contributed by atoms with Crippen LogP contribution in [0.3, 0.4) is 0 Å². The van der Waals surface area contributed by atoms with Gasteiger partial charge in [-0.3, -0.25) is 0 Å². The van der Waals surface area contributed by atoms with Crippen LogP contribution in [0.4, 0.5) is 0 Å². The van der Waals surface area contributed by atoms with E-state index in [0.717, 1.165) is 0 Å². The number of aliphatic hydroxyl groups is 4. The van der Waals surface area contributed by atoms with Crippen molar-refractivity contribution < 1.29 is 29.9 Å². The minimum Gasteiger partial charge on any atom is -0.462 e. The fourth-order valence-electron chi connectivity index (χ4n) is 1.81. The van der Waals surface area contributed by atoms with Gasteiger partial charge < -0.3 is 29.9 Å². The monoisotopic (exact) mass is 290 g/mol. The summed E-state index contributed by atoms with van der Waals surface area (Å²) < 4.78 is 10.6. The van der Waals surface area contributed by atoms with Gasteiger partial charge >= 0.3 is 0 Å². The van der Waals surface area contributed by atoms with E-state index in [-0.39, 0.29) is 0 Å². The van der Waals surface area contributed by atoms with Gasteiger partial charge in [0.25, 0.3) is 0 Å². The molecule has 19 heavy (non-hydrogen) atoms. The van der Waals surface area contributed by atoms with Gasteiger partial charge in [0.2, 0.25) is 6.29 Å². The fraction of sp³-hybridized carbons (Fsp3) is 0.500. The van der Waals surface area contributed by atoms with Gasteiger partial charge in [-0.1, -0.05) is 11.6 Å². The zero-order valence-corrected chi connectivity index (χ0v) is 10.6. The summed E-state index contributed by atoms with van der Waals surface area (Å²) in [5.41, 5.74) is 0. The van der Waals surface area contributed by atoms with E-state index in [1.807, 2.05) is 0 Å². The molecule has 0 bridgehead atoms. The van der Waals surface area contributed by atoms with Crippen molar-refractivity contribution >= 4 is 11.6 Å². The number of benzene rings is 1. The van der Waals surface area contributed by atoms with Gasteiger partial charge in [0, 0.05) is 5.02 Å². The second-order valence-electron chi connectivity index (χ2n) is 4.27. The summed E-state index contributed by atoms with van der Waals surface area (Å²) in [6, 6.07) is 6.34. The molecule has 0 unspecified atom stereocenters. The molecule has 1 aliphatic rings. The van der Waals surface area contributed by atoms with E-state index in [1.54, 1.807) is 24.3 Å². The van der Waals surface area contributed by atoms with Crippen LogP contribution < -0.4 is 4.74 Å². The number of hydrogen-bond acceptors (Lipinski definition) is 6. The van der Waals surface area contributed by atoms with Gasteiger partial charge in [-0.2, -0.15) is 0 Å². The van der Waals surface area contributed by atoms with Crippen LogP contribution in [0.1, 0.15) is 0 Å². The average Bonchev–Trinajstić information content (AvgIpc) is 2.42. The molecule has 5 atom stereocenters. The largest absolute Gasteiger partial charge is 0.462 e. The molecule has 1 aliphatic heterocycles. The highest BCUT2D eigenvalue weighted by Gasteiger charge is 2.44. The minimum absolute atomic E-state index is 0.383. The predicted molar refractivity (Wildman–Crippen MR) is 65.8 cm³/mol. The normalized spacial score (nSPS) is 35.1. The van der Waals surface area contributed by atoms with E-state index in [2.05, 4.69) is 0 Å². The Morgan fingerprint density at radius 2 is 1.68 bits per heavy atom. The molecular weight excluding hydrogens is 276 g/mol. The van der Waals surface area contributed by atoms with Crippen LogP contribution in [0.2, 0.25) is 5.02 Å². The Bertz CT molecular complexity index is 409. The molecule has 1 aromatic rings. The molecule has 0 spiro atoms. The summed E-state index contributed by atoms with van der Waals surface area (Å²) in [6.45, 7) is -0.495. The third-order valence-corrected chi connectivity index (χ3v) is 3.17. The smallest absolute Gasteiger partial charge is 0.229 e. The van der Waals surface area contributed by atoms with E-state index in [1.165, 1.54) is 0 Å². The van der Waals surface area contributed by atoms with E-state index in [0.29, 0.717) is 10.8 Å². The van der Waals surface area contributed by atoms with Crippen molar-refractivity contribution in [1.82, 2.24) is 0 Å². The summed E-state index contributed by atoms with van der Waals surface area (Å²) >= 11 is 5.73. The first-order valence-corrected chi connectivity index (χ1v) is 6.13. The SMILES string of the molecule is OC[C@H]1O[C@@H](Oc2ccc(Cl)cc2)[C@H](O)[C@@H](O)[C@@H]1O. The van der Waals surface area contributed by atoms with Crippen LogP contribution in [0.25, 0.3) is 0 Å². The number of rotatable bonds is 3. The first-order valence-electron chi connectivity index (χ1n) is 5.75. The molecule has 0 aromatic heterocycles. The van der Waals surface area contributed by atoms with E-state index in [9.17, 15) is 15.3 Å². The second-order valence-corrected chi connectivity index (χ2v) is 4.71. The third-order valence-electron chi connectivity index (χ3n) is 2.91. The van der Waals surface area contributed by atoms with Crippen molar-refractivity contribution in [1.29, 1.82) is 0 Å². The fourth-order valence-corrected chi connectivity index (χ4v) is 1.94. The van der Waals surface area contributed by atoms with Crippen LogP contribution in [0, 0.1) is 0 Å². The number of halogens is 1. The first kappa shape index (κ1) is 14.5. The molecule has 0 saturated carbocycles. The molecule has 106 valence electrons. The van der Waals surface area contributed by atoms with E-state index in [4.69, 9.17) is 26.2 Å². The van der Waals surface area contributed by atoms with Crippen LogP contribution in [-0.2, 0) is 4.74 Å². The maximum atomic E-state index is 9.77. The zero-order chi connectivity index (χ0) is 14.0. The lowest BCUT2D eigenvalue weighted by Crippen LogP contribution is -2.60. The Hall–Kier alpha value is -0.890. The highest BCUT2D eigenvalue weighted by atomic mass is 35.5. The molecule has 7 heteroatoms. The lowest BCUT2D eigenvalue weighted by Gasteiger charge is -2.39. The Kier molecular flexibility index (Phi) is 4.62. The number of hydrogen-bond donors (Lipinski definition) is 4. The molecule has 1 saturated heterocycles. The number of ether oxygens (including phenoxy) is 2. The molecule has 6 nitrogen and oxygen atoms in total. The summed E-state index contributed by atoms with van der Waals surface area (Å²) in [6.07, 6.45) is -6.45. The summed E-state index contributed by atoms with van der Waals surface area (Å²) in [4.78, 5) is 0. The zero-order valence-electron chi connectivity index (χ0n) is 9.89. The summed E-state index contributed by atoms with van der Waals surface area (Å²) in [5.74, 6) is 0.383. The Morgan fingerprint density at radius 3 is 2.26 bits per heavy atom. The quantitative estimate of drug-likeness (QED) is 0.600.